The third-order valence-electron chi connectivity index (χ3n) is 3.16. The Labute approximate surface area is 98.6 Å². The molecule has 0 aromatic heterocycles. The van der Waals surface area contributed by atoms with Gasteiger partial charge in [0.15, 0.2) is 0 Å². The molecule has 3 nitrogen and oxygen atoms in total. The zero-order chi connectivity index (χ0) is 11.8. The van der Waals surface area contributed by atoms with Crippen LogP contribution in [0.5, 0.6) is 0 Å². The fraction of sp³-hybridized carbons (Fsp3) is 0.769. The number of hydrogen-bond acceptors (Lipinski definition) is 2. The van der Waals surface area contributed by atoms with Crippen molar-refractivity contribution in [1.29, 1.82) is 0 Å². The summed E-state index contributed by atoms with van der Waals surface area (Å²) >= 11 is 0. The van der Waals surface area contributed by atoms with Crippen LogP contribution in [0.25, 0.3) is 0 Å². The molecule has 1 fully saturated rings. The van der Waals surface area contributed by atoms with Gasteiger partial charge in [0, 0.05) is 0 Å². The molecule has 0 atom stereocenters. The number of carbonyl (C=O) groups is 1. The molecule has 0 spiro atoms. The van der Waals surface area contributed by atoms with E-state index in [-0.39, 0.29) is 5.91 Å². The number of amides is 1. The number of nitrogens with one attached hydrogen (secondary N) is 1. The maximum Gasteiger partial charge on any atom is 0.234 e. The molecule has 1 aliphatic heterocycles. The first-order valence-corrected chi connectivity index (χ1v) is 6.18. The number of hydrogen-bond donors (Lipinski definition) is 1. The van der Waals surface area contributed by atoms with Gasteiger partial charge in [0.05, 0.1) is 13.1 Å². The van der Waals surface area contributed by atoms with E-state index in [0.29, 0.717) is 13.1 Å². The molecule has 16 heavy (non-hydrogen) atoms. The van der Waals surface area contributed by atoms with Crippen LogP contribution in [0.15, 0.2) is 0 Å². The summed E-state index contributed by atoms with van der Waals surface area (Å²) in [6, 6.07) is 0. The van der Waals surface area contributed by atoms with Crippen LogP contribution >= 0.6 is 0 Å². The van der Waals surface area contributed by atoms with E-state index in [1.54, 1.807) is 0 Å². The third kappa shape index (κ3) is 4.67. The van der Waals surface area contributed by atoms with E-state index in [4.69, 9.17) is 6.42 Å². The van der Waals surface area contributed by atoms with Crippen molar-refractivity contribution in [1.82, 2.24) is 10.2 Å². The zero-order valence-corrected chi connectivity index (χ0v) is 10.2. The number of nitrogens with zero attached hydrogens (tertiary/aromatic N) is 1. The summed E-state index contributed by atoms with van der Waals surface area (Å²) in [6.45, 7) is 5.17. The third-order valence-corrected chi connectivity index (χ3v) is 3.16. The normalized spacial score (nSPS) is 18.0. The van der Waals surface area contributed by atoms with E-state index < -0.39 is 0 Å². The number of terminal acetylenes is 1. The average molecular weight is 222 g/mol. The van der Waals surface area contributed by atoms with E-state index in [0.717, 1.165) is 19.0 Å². The fourth-order valence-corrected chi connectivity index (χ4v) is 2.25. The Bertz CT molecular complexity index is 249. The second-order valence-electron chi connectivity index (χ2n) is 4.49. The first kappa shape index (κ1) is 13.1. The van der Waals surface area contributed by atoms with Crippen LogP contribution in [0.4, 0.5) is 0 Å². The topological polar surface area (TPSA) is 32.3 Å². The SMILES string of the molecule is C#CCNC(=O)CN1CCC(CCC)CC1. The molecule has 3 heteroatoms. The fourth-order valence-electron chi connectivity index (χ4n) is 2.25. The standard InChI is InChI=1S/C13H22N2O/c1-3-5-12-6-9-15(10-7-12)11-13(16)14-8-4-2/h2,12H,3,5-11H2,1H3,(H,14,16). The van der Waals surface area contributed by atoms with Crippen molar-refractivity contribution in [3.05, 3.63) is 0 Å². The summed E-state index contributed by atoms with van der Waals surface area (Å²) in [5, 5.41) is 2.70. The van der Waals surface area contributed by atoms with Crippen molar-refractivity contribution < 1.29 is 4.79 Å². The van der Waals surface area contributed by atoms with E-state index in [1.165, 1.54) is 25.7 Å². The highest BCUT2D eigenvalue weighted by Gasteiger charge is 2.19. The van der Waals surface area contributed by atoms with Gasteiger partial charge in [-0.25, -0.2) is 0 Å². The Morgan fingerprint density at radius 3 is 2.75 bits per heavy atom. The van der Waals surface area contributed by atoms with Crippen LogP contribution in [0.2, 0.25) is 0 Å². The van der Waals surface area contributed by atoms with Crippen molar-refractivity contribution in [2.24, 2.45) is 5.92 Å². The summed E-state index contributed by atoms with van der Waals surface area (Å²) in [6.07, 6.45) is 10.1. The molecule has 0 saturated carbocycles. The molecule has 0 bridgehead atoms. The lowest BCUT2D eigenvalue weighted by molar-refractivity contribution is -0.122. The van der Waals surface area contributed by atoms with Crippen LogP contribution in [-0.4, -0.2) is 37.0 Å². The van der Waals surface area contributed by atoms with Gasteiger partial charge >= 0.3 is 0 Å². The van der Waals surface area contributed by atoms with Crippen molar-refractivity contribution in [3.8, 4) is 12.3 Å². The number of likely N-dealkylation sites (tertiary alicyclic amines) is 1. The largest absolute Gasteiger partial charge is 0.344 e. The van der Waals surface area contributed by atoms with Crippen molar-refractivity contribution in [2.45, 2.75) is 32.6 Å². The monoisotopic (exact) mass is 222 g/mol. The van der Waals surface area contributed by atoms with E-state index in [2.05, 4.69) is 23.1 Å². The molecule has 0 aromatic rings. The number of rotatable bonds is 5. The number of piperidine rings is 1. The van der Waals surface area contributed by atoms with Crippen molar-refractivity contribution in [2.75, 3.05) is 26.2 Å². The van der Waals surface area contributed by atoms with E-state index >= 15 is 0 Å². The molecule has 0 aliphatic carbocycles. The molecular weight excluding hydrogens is 200 g/mol. The van der Waals surface area contributed by atoms with Crippen LogP contribution in [0.3, 0.4) is 0 Å². The minimum atomic E-state index is 0.0480. The van der Waals surface area contributed by atoms with Crippen molar-refractivity contribution in [3.63, 3.8) is 0 Å². The van der Waals surface area contributed by atoms with Crippen LogP contribution in [0.1, 0.15) is 32.6 Å². The maximum atomic E-state index is 11.4. The van der Waals surface area contributed by atoms with Crippen LogP contribution < -0.4 is 5.32 Å². The van der Waals surface area contributed by atoms with Crippen molar-refractivity contribution >= 4 is 5.91 Å². The summed E-state index contributed by atoms with van der Waals surface area (Å²) in [7, 11) is 0. The first-order chi connectivity index (χ1) is 7.76. The van der Waals surface area contributed by atoms with Gasteiger partial charge in [0.25, 0.3) is 0 Å². The van der Waals surface area contributed by atoms with E-state index in [9.17, 15) is 4.79 Å². The minimum Gasteiger partial charge on any atom is -0.344 e. The summed E-state index contributed by atoms with van der Waals surface area (Å²) in [5.41, 5.74) is 0. The molecule has 0 unspecified atom stereocenters. The molecule has 90 valence electrons. The van der Waals surface area contributed by atoms with Gasteiger partial charge in [-0.15, -0.1) is 6.42 Å². The highest BCUT2D eigenvalue weighted by molar-refractivity contribution is 5.78. The molecule has 1 saturated heterocycles. The predicted octanol–water partition coefficient (Wildman–Crippen LogP) is 1.25. The van der Waals surface area contributed by atoms with Gasteiger partial charge in [0.1, 0.15) is 0 Å². The summed E-state index contributed by atoms with van der Waals surface area (Å²) in [5.74, 6) is 3.33. The Morgan fingerprint density at radius 1 is 1.50 bits per heavy atom. The molecular formula is C13H22N2O. The lowest BCUT2D eigenvalue weighted by Gasteiger charge is -2.31. The second kappa shape index (κ2) is 7.29. The van der Waals surface area contributed by atoms with Crippen LogP contribution in [0, 0.1) is 18.3 Å². The lowest BCUT2D eigenvalue weighted by atomic mass is 9.92. The predicted molar refractivity (Wildman–Crippen MR) is 65.9 cm³/mol. The highest BCUT2D eigenvalue weighted by Crippen LogP contribution is 2.21. The molecule has 1 amide bonds. The van der Waals surface area contributed by atoms with Gasteiger partial charge in [-0.2, -0.15) is 0 Å². The average Bonchev–Trinajstić information content (AvgIpc) is 2.29. The molecule has 1 aliphatic rings. The summed E-state index contributed by atoms with van der Waals surface area (Å²) < 4.78 is 0. The maximum absolute atomic E-state index is 11.4. The first-order valence-electron chi connectivity index (χ1n) is 6.18. The van der Waals surface area contributed by atoms with Gasteiger partial charge in [-0.3, -0.25) is 9.69 Å². The molecule has 0 aromatic carbocycles. The minimum absolute atomic E-state index is 0.0480. The zero-order valence-electron chi connectivity index (χ0n) is 10.2. The quantitative estimate of drug-likeness (QED) is 0.710. The van der Waals surface area contributed by atoms with E-state index in [1.807, 2.05) is 0 Å². The van der Waals surface area contributed by atoms with Crippen LogP contribution in [-0.2, 0) is 4.79 Å². The smallest absolute Gasteiger partial charge is 0.234 e. The van der Waals surface area contributed by atoms with Gasteiger partial charge in [0.2, 0.25) is 5.91 Å². The number of carbonyl (C=O) groups excluding carboxylic acids is 1. The Balaban J connectivity index is 2.17. The Kier molecular flexibility index (Phi) is 5.95. The second-order valence-corrected chi connectivity index (χ2v) is 4.49. The Morgan fingerprint density at radius 2 is 2.19 bits per heavy atom. The molecule has 0 radical (unpaired) electrons. The summed E-state index contributed by atoms with van der Waals surface area (Å²) in [4.78, 5) is 13.6. The van der Waals surface area contributed by atoms with Gasteiger partial charge in [-0.1, -0.05) is 25.7 Å². The lowest BCUT2D eigenvalue weighted by Crippen LogP contribution is -2.41. The molecule has 1 heterocycles. The van der Waals surface area contributed by atoms with Gasteiger partial charge in [-0.05, 0) is 31.8 Å². The van der Waals surface area contributed by atoms with Gasteiger partial charge < -0.3 is 5.32 Å². The molecule has 1 rings (SSSR count). The molecule has 1 N–H and O–H groups in total. The highest BCUT2D eigenvalue weighted by atomic mass is 16.2. The Hall–Kier alpha value is -1.01.